The van der Waals surface area contributed by atoms with Crippen molar-refractivity contribution in [2.75, 3.05) is 0 Å². The molecule has 0 bridgehead atoms. The Morgan fingerprint density at radius 1 is 0.630 bits per heavy atom. The Hall–Kier alpha value is -0.850. The molecule has 4 rings (SSSR count). The Morgan fingerprint density at radius 2 is 1.11 bits per heavy atom. The van der Waals surface area contributed by atoms with E-state index < -0.39 is 0 Å². The van der Waals surface area contributed by atoms with Crippen molar-refractivity contribution in [2.45, 2.75) is 103 Å². The van der Waals surface area contributed by atoms with Crippen molar-refractivity contribution in [2.24, 2.45) is 23.7 Å². The Labute approximate surface area is 166 Å². The Morgan fingerprint density at radius 3 is 1.67 bits per heavy atom. The maximum Gasteiger partial charge on any atom is 0.126 e. The van der Waals surface area contributed by atoms with Gasteiger partial charge in [0.15, 0.2) is 0 Å². The van der Waals surface area contributed by atoms with E-state index in [0.717, 1.165) is 29.2 Å². The molecular weight excluding hydrogens is 331 g/mol. The van der Waals surface area contributed by atoms with Gasteiger partial charge in [0.05, 0.1) is 0 Å². The number of halogens is 1. The van der Waals surface area contributed by atoms with Gasteiger partial charge in [0, 0.05) is 0 Å². The molecule has 0 aromatic heterocycles. The van der Waals surface area contributed by atoms with Gasteiger partial charge in [-0.15, -0.1) is 0 Å². The lowest BCUT2D eigenvalue weighted by atomic mass is 9.68. The molecule has 0 atom stereocenters. The molecule has 0 spiro atoms. The quantitative estimate of drug-likeness (QED) is 0.502. The van der Waals surface area contributed by atoms with Crippen molar-refractivity contribution in [1.82, 2.24) is 0 Å². The summed E-state index contributed by atoms with van der Waals surface area (Å²) in [5.41, 5.74) is 2.27. The van der Waals surface area contributed by atoms with Crippen molar-refractivity contribution >= 4 is 0 Å². The number of hydrogen-bond acceptors (Lipinski definition) is 0. The molecule has 0 radical (unpaired) electrons. The van der Waals surface area contributed by atoms with Gasteiger partial charge in [-0.25, -0.2) is 4.39 Å². The van der Waals surface area contributed by atoms with Crippen molar-refractivity contribution in [3.05, 3.63) is 35.1 Å². The van der Waals surface area contributed by atoms with Crippen molar-refractivity contribution < 1.29 is 4.39 Å². The predicted molar refractivity (Wildman–Crippen MR) is 113 cm³/mol. The summed E-state index contributed by atoms with van der Waals surface area (Å²) in [7, 11) is 0. The van der Waals surface area contributed by atoms with E-state index in [1.807, 2.05) is 6.07 Å². The van der Waals surface area contributed by atoms with Gasteiger partial charge in [-0.1, -0.05) is 51.7 Å². The third kappa shape index (κ3) is 4.60. The van der Waals surface area contributed by atoms with Gasteiger partial charge in [0.2, 0.25) is 0 Å². The van der Waals surface area contributed by atoms with Crippen molar-refractivity contribution in [3.63, 3.8) is 0 Å². The molecule has 0 heterocycles. The van der Waals surface area contributed by atoms with E-state index >= 15 is 0 Å². The highest BCUT2D eigenvalue weighted by molar-refractivity contribution is 5.30. The minimum atomic E-state index is 0.0843. The summed E-state index contributed by atoms with van der Waals surface area (Å²) in [6, 6.07) is 6.30. The Balaban J connectivity index is 1.34. The van der Waals surface area contributed by atoms with E-state index in [9.17, 15) is 4.39 Å². The largest absolute Gasteiger partial charge is 0.207 e. The molecule has 3 fully saturated rings. The zero-order valence-electron chi connectivity index (χ0n) is 17.6. The average Bonchev–Trinajstić information content (AvgIpc) is 2.69. The topological polar surface area (TPSA) is 0 Å². The van der Waals surface area contributed by atoms with Crippen LogP contribution in [-0.2, 0) is 0 Å². The number of rotatable bonds is 3. The highest BCUT2D eigenvalue weighted by Crippen LogP contribution is 2.44. The molecule has 1 aromatic carbocycles. The Kier molecular flexibility index (Phi) is 6.25. The minimum Gasteiger partial charge on any atom is -0.207 e. The third-order valence-electron chi connectivity index (χ3n) is 8.45. The molecule has 3 saturated carbocycles. The fourth-order valence-electron chi connectivity index (χ4n) is 6.38. The second-order valence-electron chi connectivity index (χ2n) is 10.4. The monoisotopic (exact) mass is 370 g/mol. The molecule has 150 valence electrons. The molecule has 27 heavy (non-hydrogen) atoms. The van der Waals surface area contributed by atoms with Crippen LogP contribution in [0.25, 0.3) is 0 Å². The zero-order chi connectivity index (χ0) is 18.8. The summed E-state index contributed by atoms with van der Waals surface area (Å²) in [6.45, 7) is 4.76. The smallest absolute Gasteiger partial charge is 0.126 e. The van der Waals surface area contributed by atoms with Gasteiger partial charge >= 0.3 is 0 Å². The fraction of sp³-hybridized carbons (Fsp3) is 0.769. The summed E-state index contributed by atoms with van der Waals surface area (Å²) < 4.78 is 15.0. The second-order valence-corrected chi connectivity index (χ2v) is 10.4. The average molecular weight is 371 g/mol. The number of benzene rings is 1. The summed E-state index contributed by atoms with van der Waals surface area (Å²) in [4.78, 5) is 0. The molecule has 0 amide bonds. The first-order chi connectivity index (χ1) is 13.1. The first-order valence-corrected chi connectivity index (χ1v) is 11.9. The van der Waals surface area contributed by atoms with Crippen LogP contribution in [0.15, 0.2) is 18.2 Å². The molecule has 3 aliphatic carbocycles. The summed E-state index contributed by atoms with van der Waals surface area (Å²) in [5.74, 6) is 4.81. The highest BCUT2D eigenvalue weighted by Gasteiger charge is 2.31. The normalized spacial score (nSPS) is 37.9. The highest BCUT2D eigenvalue weighted by atomic mass is 19.1. The summed E-state index contributed by atoms with van der Waals surface area (Å²) in [5, 5.41) is 0. The van der Waals surface area contributed by atoms with E-state index in [4.69, 9.17) is 0 Å². The van der Waals surface area contributed by atoms with Crippen LogP contribution in [0.4, 0.5) is 4.39 Å². The van der Waals surface area contributed by atoms with Gasteiger partial charge in [-0.3, -0.25) is 0 Å². The molecule has 1 aromatic rings. The van der Waals surface area contributed by atoms with Crippen molar-refractivity contribution in [1.29, 1.82) is 0 Å². The first-order valence-electron chi connectivity index (χ1n) is 11.9. The zero-order valence-corrected chi connectivity index (χ0v) is 17.6. The van der Waals surface area contributed by atoms with E-state index in [-0.39, 0.29) is 5.82 Å². The first kappa shape index (κ1) is 19.5. The van der Waals surface area contributed by atoms with E-state index in [2.05, 4.69) is 26.0 Å². The molecule has 0 aliphatic heterocycles. The standard InChI is InChI=1S/C26H39F/c1-18-3-7-20(8-4-18)21-11-13-23(14-12-21)25-16-15-24(17-26(25)27)22-9-5-19(2)6-10-22/h15-23H,3-14H2,1-2H3. The Bertz CT molecular complexity index is 597. The summed E-state index contributed by atoms with van der Waals surface area (Å²) in [6.07, 6.45) is 15.9. The van der Waals surface area contributed by atoms with Crippen LogP contribution in [0.1, 0.15) is 114 Å². The SMILES string of the molecule is CC1CCC(c2ccc(C3CCC(C4CCC(C)CC4)CC3)c(F)c2)CC1. The fourth-order valence-corrected chi connectivity index (χ4v) is 6.38. The van der Waals surface area contributed by atoms with E-state index in [1.165, 1.54) is 82.6 Å². The van der Waals surface area contributed by atoms with Gasteiger partial charge in [-0.2, -0.15) is 0 Å². The lowest BCUT2D eigenvalue weighted by molar-refractivity contribution is 0.164. The van der Waals surface area contributed by atoms with Gasteiger partial charge < -0.3 is 0 Å². The molecule has 0 unspecified atom stereocenters. The molecule has 0 saturated heterocycles. The maximum atomic E-state index is 15.0. The van der Waals surface area contributed by atoms with Crippen LogP contribution in [0.2, 0.25) is 0 Å². The predicted octanol–water partition coefficient (Wildman–Crippen LogP) is 8.22. The molecule has 0 nitrogen and oxygen atoms in total. The molecule has 0 N–H and O–H groups in total. The van der Waals surface area contributed by atoms with Crippen LogP contribution >= 0.6 is 0 Å². The van der Waals surface area contributed by atoms with Crippen LogP contribution in [-0.4, -0.2) is 0 Å². The molecule has 1 heteroatoms. The molecular formula is C26H39F. The van der Waals surface area contributed by atoms with Crippen LogP contribution in [0.5, 0.6) is 0 Å². The maximum absolute atomic E-state index is 15.0. The van der Waals surface area contributed by atoms with E-state index in [0.29, 0.717) is 11.8 Å². The van der Waals surface area contributed by atoms with Gasteiger partial charge in [0.1, 0.15) is 5.82 Å². The second kappa shape index (κ2) is 8.66. The number of hydrogen-bond donors (Lipinski definition) is 0. The van der Waals surface area contributed by atoms with Gasteiger partial charge in [0.25, 0.3) is 0 Å². The lowest BCUT2D eigenvalue weighted by Crippen LogP contribution is -2.25. The van der Waals surface area contributed by atoms with Crippen molar-refractivity contribution in [3.8, 4) is 0 Å². The summed E-state index contributed by atoms with van der Waals surface area (Å²) >= 11 is 0. The van der Waals surface area contributed by atoms with Crippen LogP contribution in [0.3, 0.4) is 0 Å². The third-order valence-corrected chi connectivity index (χ3v) is 8.45. The van der Waals surface area contributed by atoms with Crippen LogP contribution in [0, 0.1) is 29.5 Å². The molecule has 3 aliphatic rings. The minimum absolute atomic E-state index is 0.0843. The van der Waals surface area contributed by atoms with Gasteiger partial charge in [-0.05, 0) is 104 Å². The van der Waals surface area contributed by atoms with E-state index in [1.54, 1.807) is 0 Å². The van der Waals surface area contributed by atoms with Crippen LogP contribution < -0.4 is 0 Å². The lowest BCUT2D eigenvalue weighted by Gasteiger charge is -2.37.